The number of fused-ring (bicyclic) bond motifs is 1. The van der Waals surface area contributed by atoms with Gasteiger partial charge in [0, 0.05) is 33.7 Å². The summed E-state index contributed by atoms with van der Waals surface area (Å²) in [4.78, 5) is 25.2. The van der Waals surface area contributed by atoms with E-state index in [1.165, 1.54) is 23.9 Å². The van der Waals surface area contributed by atoms with E-state index in [-0.39, 0.29) is 28.9 Å². The molecule has 0 spiro atoms. The standard InChI is InChI=1S/C20H21ClN2O4S2/c1-12-9-14(21)3-5-16(12)22-19(24)7-8-29(26,27)15-4-6-18-17(10-15)23-20(25)13(2)11-28-18/h3-6,9-10,13H,7-8,11H2,1-2H3,(H,22,24)(H,23,25)/t13-/m1/s1. The van der Waals surface area contributed by atoms with Crippen LogP contribution in [0.4, 0.5) is 11.4 Å². The second-order valence-corrected chi connectivity index (χ2v) is 10.5. The van der Waals surface area contributed by atoms with E-state index >= 15 is 0 Å². The van der Waals surface area contributed by atoms with Crippen molar-refractivity contribution in [2.24, 2.45) is 5.92 Å². The lowest BCUT2D eigenvalue weighted by Gasteiger charge is -2.11. The van der Waals surface area contributed by atoms with Crippen LogP contribution in [-0.2, 0) is 19.4 Å². The molecule has 9 heteroatoms. The first kappa shape index (κ1) is 21.7. The average Bonchev–Trinajstić information content (AvgIpc) is 2.80. The monoisotopic (exact) mass is 452 g/mol. The summed E-state index contributed by atoms with van der Waals surface area (Å²) in [6.07, 6.45) is -0.181. The minimum atomic E-state index is -3.68. The summed E-state index contributed by atoms with van der Waals surface area (Å²) in [7, 11) is -3.68. The van der Waals surface area contributed by atoms with E-state index < -0.39 is 15.7 Å². The number of rotatable bonds is 5. The fourth-order valence-electron chi connectivity index (χ4n) is 2.80. The lowest BCUT2D eigenvalue weighted by molar-refractivity contribution is -0.118. The van der Waals surface area contributed by atoms with Crippen LogP contribution in [0.25, 0.3) is 0 Å². The molecule has 6 nitrogen and oxygen atoms in total. The maximum atomic E-state index is 12.7. The van der Waals surface area contributed by atoms with Crippen molar-refractivity contribution in [3.8, 4) is 0 Å². The lowest BCUT2D eigenvalue weighted by Crippen LogP contribution is -2.20. The summed E-state index contributed by atoms with van der Waals surface area (Å²) < 4.78 is 25.4. The van der Waals surface area contributed by atoms with E-state index in [0.717, 1.165) is 10.5 Å². The quantitative estimate of drug-likeness (QED) is 0.711. The molecule has 2 amide bonds. The Morgan fingerprint density at radius 3 is 2.76 bits per heavy atom. The third-order valence-corrected chi connectivity index (χ3v) is 7.85. The van der Waals surface area contributed by atoms with Crippen LogP contribution in [0.3, 0.4) is 0 Å². The van der Waals surface area contributed by atoms with Gasteiger partial charge in [0.05, 0.1) is 16.3 Å². The number of halogens is 1. The molecule has 3 rings (SSSR count). The topological polar surface area (TPSA) is 92.3 Å². The number of hydrogen-bond donors (Lipinski definition) is 2. The van der Waals surface area contributed by atoms with Gasteiger partial charge in [0.1, 0.15) is 0 Å². The summed E-state index contributed by atoms with van der Waals surface area (Å²) in [5, 5.41) is 6.05. The van der Waals surface area contributed by atoms with Gasteiger partial charge in [-0.05, 0) is 48.9 Å². The number of hydrogen-bond acceptors (Lipinski definition) is 5. The van der Waals surface area contributed by atoms with E-state index in [0.29, 0.717) is 22.2 Å². The Hall–Kier alpha value is -2.03. The molecule has 0 radical (unpaired) electrons. The lowest BCUT2D eigenvalue weighted by atomic mass is 10.2. The van der Waals surface area contributed by atoms with Crippen LogP contribution in [0.15, 0.2) is 46.2 Å². The molecule has 1 atom stereocenters. The van der Waals surface area contributed by atoms with Crippen LogP contribution in [0.2, 0.25) is 5.02 Å². The molecular formula is C20H21ClN2O4S2. The Morgan fingerprint density at radius 2 is 2.03 bits per heavy atom. The first-order valence-electron chi connectivity index (χ1n) is 9.02. The van der Waals surface area contributed by atoms with Crippen molar-refractivity contribution in [2.45, 2.75) is 30.1 Å². The fourth-order valence-corrected chi connectivity index (χ4v) is 5.30. The van der Waals surface area contributed by atoms with Crippen LogP contribution >= 0.6 is 23.4 Å². The Labute approximate surface area is 179 Å². The zero-order chi connectivity index (χ0) is 21.2. The number of thioether (sulfide) groups is 1. The summed E-state index contributed by atoms with van der Waals surface area (Å²) in [6.45, 7) is 3.63. The number of benzene rings is 2. The summed E-state index contributed by atoms with van der Waals surface area (Å²) in [6, 6.07) is 9.74. The van der Waals surface area contributed by atoms with Gasteiger partial charge in [-0.2, -0.15) is 0 Å². The first-order valence-corrected chi connectivity index (χ1v) is 12.0. The molecule has 0 unspecified atom stereocenters. The first-order chi connectivity index (χ1) is 13.7. The Kier molecular flexibility index (Phi) is 6.55. The maximum absolute atomic E-state index is 12.7. The predicted molar refractivity (Wildman–Crippen MR) is 116 cm³/mol. The van der Waals surface area contributed by atoms with E-state index in [9.17, 15) is 18.0 Å². The van der Waals surface area contributed by atoms with E-state index in [2.05, 4.69) is 10.6 Å². The summed E-state index contributed by atoms with van der Waals surface area (Å²) in [5.74, 6) is -0.390. The summed E-state index contributed by atoms with van der Waals surface area (Å²) in [5.41, 5.74) is 1.88. The largest absolute Gasteiger partial charge is 0.326 e. The normalized spacial score (nSPS) is 16.5. The number of aryl methyl sites for hydroxylation is 1. The molecule has 0 saturated carbocycles. The van der Waals surface area contributed by atoms with Gasteiger partial charge in [-0.25, -0.2) is 8.42 Å². The van der Waals surface area contributed by atoms with Gasteiger partial charge in [0.2, 0.25) is 11.8 Å². The van der Waals surface area contributed by atoms with Gasteiger partial charge < -0.3 is 10.6 Å². The van der Waals surface area contributed by atoms with Crippen molar-refractivity contribution < 1.29 is 18.0 Å². The van der Waals surface area contributed by atoms with Gasteiger partial charge >= 0.3 is 0 Å². The van der Waals surface area contributed by atoms with Crippen LogP contribution in [0.1, 0.15) is 18.9 Å². The highest BCUT2D eigenvalue weighted by molar-refractivity contribution is 7.99. The number of carbonyl (C=O) groups is 2. The predicted octanol–water partition coefficient (Wildman–Crippen LogP) is 4.13. The van der Waals surface area contributed by atoms with Crippen LogP contribution in [0, 0.1) is 12.8 Å². The molecule has 29 heavy (non-hydrogen) atoms. The molecule has 2 aromatic carbocycles. The molecule has 0 aliphatic carbocycles. The highest BCUT2D eigenvalue weighted by atomic mass is 35.5. The summed E-state index contributed by atoms with van der Waals surface area (Å²) >= 11 is 7.41. The maximum Gasteiger partial charge on any atom is 0.228 e. The molecule has 154 valence electrons. The van der Waals surface area contributed by atoms with Gasteiger partial charge in [0.15, 0.2) is 9.84 Å². The van der Waals surface area contributed by atoms with E-state index in [1.807, 2.05) is 6.92 Å². The van der Waals surface area contributed by atoms with Crippen molar-refractivity contribution in [1.82, 2.24) is 0 Å². The van der Waals surface area contributed by atoms with Gasteiger partial charge in [-0.15, -0.1) is 11.8 Å². The second-order valence-electron chi connectivity index (χ2n) is 6.94. The minimum absolute atomic E-state index is 0.0853. The Morgan fingerprint density at radius 1 is 1.28 bits per heavy atom. The molecule has 0 aromatic heterocycles. The molecule has 1 heterocycles. The third kappa shape index (κ3) is 5.32. The zero-order valence-electron chi connectivity index (χ0n) is 16.0. The van der Waals surface area contributed by atoms with Crippen LogP contribution < -0.4 is 10.6 Å². The van der Waals surface area contributed by atoms with E-state index in [4.69, 9.17) is 11.6 Å². The van der Waals surface area contributed by atoms with Crippen molar-refractivity contribution in [3.05, 3.63) is 47.0 Å². The SMILES string of the molecule is Cc1cc(Cl)ccc1NC(=O)CCS(=O)(=O)c1ccc2c(c1)NC(=O)[C@H](C)CS2. The van der Waals surface area contributed by atoms with Gasteiger partial charge in [0.25, 0.3) is 0 Å². The van der Waals surface area contributed by atoms with E-state index in [1.54, 1.807) is 31.2 Å². The van der Waals surface area contributed by atoms with Crippen molar-refractivity contribution in [1.29, 1.82) is 0 Å². The minimum Gasteiger partial charge on any atom is -0.326 e. The Balaban J connectivity index is 1.69. The molecule has 0 fully saturated rings. The highest BCUT2D eigenvalue weighted by Gasteiger charge is 2.23. The molecule has 2 N–H and O–H groups in total. The number of nitrogens with one attached hydrogen (secondary N) is 2. The smallest absolute Gasteiger partial charge is 0.228 e. The van der Waals surface area contributed by atoms with Gasteiger partial charge in [-0.3, -0.25) is 9.59 Å². The number of sulfone groups is 1. The number of anilines is 2. The number of amides is 2. The molecule has 1 aliphatic rings. The Bertz CT molecular complexity index is 1070. The number of carbonyl (C=O) groups excluding carboxylic acids is 2. The fraction of sp³-hybridized carbons (Fsp3) is 0.300. The molecule has 0 saturated heterocycles. The highest BCUT2D eigenvalue weighted by Crippen LogP contribution is 2.34. The zero-order valence-corrected chi connectivity index (χ0v) is 18.4. The van der Waals surface area contributed by atoms with Crippen LogP contribution in [0.5, 0.6) is 0 Å². The van der Waals surface area contributed by atoms with Gasteiger partial charge in [-0.1, -0.05) is 18.5 Å². The average molecular weight is 453 g/mol. The van der Waals surface area contributed by atoms with Crippen LogP contribution in [-0.4, -0.2) is 31.7 Å². The molecule has 0 bridgehead atoms. The van der Waals surface area contributed by atoms with Crippen molar-refractivity contribution in [3.63, 3.8) is 0 Å². The third-order valence-electron chi connectivity index (χ3n) is 4.56. The van der Waals surface area contributed by atoms with Crippen molar-refractivity contribution in [2.75, 3.05) is 22.1 Å². The van der Waals surface area contributed by atoms with Crippen molar-refractivity contribution >= 4 is 56.4 Å². The second kappa shape index (κ2) is 8.77. The molecule has 2 aromatic rings. The molecule has 1 aliphatic heterocycles. The molecular weight excluding hydrogens is 432 g/mol.